The summed E-state index contributed by atoms with van der Waals surface area (Å²) in [5, 5.41) is 18.3. The number of imidazole rings is 1. The fraction of sp³-hybridized carbons (Fsp3) is 0.231. The Morgan fingerprint density at radius 3 is 2.43 bits per heavy atom. The highest BCUT2D eigenvalue weighted by Crippen LogP contribution is 2.32. The van der Waals surface area contributed by atoms with Crippen LogP contribution in [0.15, 0.2) is 48.5 Å². The van der Waals surface area contributed by atoms with E-state index in [-0.39, 0.29) is 16.0 Å². The summed E-state index contributed by atoms with van der Waals surface area (Å²) in [6, 6.07) is 13.6. The van der Waals surface area contributed by atoms with E-state index in [0.717, 1.165) is 11.4 Å². The molecule has 1 amide bonds. The molecule has 0 aliphatic rings. The van der Waals surface area contributed by atoms with Crippen LogP contribution in [-0.4, -0.2) is 21.0 Å². The van der Waals surface area contributed by atoms with Crippen molar-refractivity contribution < 1.29 is 9.90 Å². The van der Waals surface area contributed by atoms with Gasteiger partial charge >= 0.3 is 0 Å². The van der Waals surface area contributed by atoms with E-state index in [4.69, 9.17) is 39.8 Å². The monoisotopic (exact) mass is 530 g/mol. The van der Waals surface area contributed by atoms with Gasteiger partial charge in [0.15, 0.2) is 6.23 Å². The van der Waals surface area contributed by atoms with Crippen molar-refractivity contribution in [3.8, 4) is 0 Å². The lowest BCUT2D eigenvalue weighted by Gasteiger charge is -2.17. The van der Waals surface area contributed by atoms with Gasteiger partial charge in [-0.2, -0.15) is 0 Å². The zero-order valence-corrected chi connectivity index (χ0v) is 21.9. The Morgan fingerprint density at radius 1 is 1.00 bits per heavy atom. The van der Waals surface area contributed by atoms with Crippen molar-refractivity contribution >= 4 is 63.1 Å². The van der Waals surface area contributed by atoms with Crippen LogP contribution in [0.2, 0.25) is 15.1 Å². The Balaban J connectivity index is 1.75. The molecule has 9 heteroatoms. The molecule has 0 radical (unpaired) electrons. The minimum Gasteiger partial charge on any atom is -0.369 e. The van der Waals surface area contributed by atoms with E-state index in [1.807, 2.05) is 39.8 Å². The number of hydrogen-bond donors (Lipinski definition) is 4. The Kier molecular flexibility index (Phi) is 7.02. The number of aromatic amines is 1. The molecule has 0 aliphatic carbocycles. The van der Waals surface area contributed by atoms with Crippen LogP contribution in [0.3, 0.4) is 0 Å². The van der Waals surface area contributed by atoms with E-state index in [1.54, 1.807) is 30.3 Å². The molecule has 182 valence electrons. The van der Waals surface area contributed by atoms with Crippen molar-refractivity contribution in [2.24, 2.45) is 0 Å². The van der Waals surface area contributed by atoms with Crippen LogP contribution in [0.25, 0.3) is 11.0 Å². The fourth-order valence-electron chi connectivity index (χ4n) is 3.57. The van der Waals surface area contributed by atoms with Crippen LogP contribution in [0.5, 0.6) is 0 Å². The fourth-order valence-corrected chi connectivity index (χ4v) is 4.12. The van der Waals surface area contributed by atoms with Crippen LogP contribution in [0.1, 0.15) is 54.3 Å². The first-order chi connectivity index (χ1) is 16.4. The average Bonchev–Trinajstić information content (AvgIpc) is 3.22. The van der Waals surface area contributed by atoms with Gasteiger partial charge in [0.2, 0.25) is 0 Å². The molecule has 0 spiro atoms. The molecule has 4 rings (SSSR count). The van der Waals surface area contributed by atoms with Crippen LogP contribution >= 0.6 is 34.8 Å². The second-order valence-corrected chi connectivity index (χ2v) is 10.6. The number of rotatable bonds is 5. The number of aromatic nitrogens is 2. The summed E-state index contributed by atoms with van der Waals surface area (Å²) in [7, 11) is 0. The van der Waals surface area contributed by atoms with Crippen LogP contribution in [0.4, 0.5) is 11.4 Å². The molecule has 1 atom stereocenters. The molecule has 0 bridgehead atoms. The maximum Gasteiger partial charge on any atom is 0.257 e. The Labute approximate surface area is 218 Å². The van der Waals surface area contributed by atoms with Gasteiger partial charge in [0.05, 0.1) is 21.6 Å². The van der Waals surface area contributed by atoms with Crippen molar-refractivity contribution in [1.82, 2.24) is 9.97 Å². The van der Waals surface area contributed by atoms with Crippen molar-refractivity contribution in [3.63, 3.8) is 0 Å². The summed E-state index contributed by atoms with van der Waals surface area (Å²) in [5.41, 5.74) is 3.77. The first-order valence-corrected chi connectivity index (χ1v) is 12.1. The number of H-pyrrole nitrogens is 1. The number of fused-ring (bicyclic) bond motifs is 1. The van der Waals surface area contributed by atoms with E-state index in [9.17, 15) is 9.90 Å². The molecule has 35 heavy (non-hydrogen) atoms. The molecule has 1 heterocycles. The predicted octanol–water partition coefficient (Wildman–Crippen LogP) is 7.48. The summed E-state index contributed by atoms with van der Waals surface area (Å²) in [6.07, 6.45) is -1.13. The molecule has 4 aromatic rings. The molecule has 1 unspecified atom stereocenters. The van der Waals surface area contributed by atoms with Gasteiger partial charge in [-0.05, 0) is 55.0 Å². The molecule has 0 fully saturated rings. The van der Waals surface area contributed by atoms with Crippen LogP contribution in [-0.2, 0) is 5.41 Å². The lowest BCUT2D eigenvalue weighted by atomic mass is 9.96. The zero-order valence-electron chi connectivity index (χ0n) is 19.6. The van der Waals surface area contributed by atoms with Crippen LogP contribution < -0.4 is 10.6 Å². The number of amides is 1. The lowest BCUT2D eigenvalue weighted by molar-refractivity contribution is 0.102. The second kappa shape index (κ2) is 9.70. The molecule has 3 aromatic carbocycles. The SMILES string of the molecule is Cc1ccc(NC(O)c2cc(NC(=O)c3cc(Cl)ccc3Cl)cc3[nH]c(C(C)(C)C)nc23)cc1Cl. The Morgan fingerprint density at radius 2 is 1.74 bits per heavy atom. The van der Waals surface area contributed by atoms with E-state index >= 15 is 0 Å². The quantitative estimate of drug-likeness (QED) is 0.201. The predicted molar refractivity (Wildman–Crippen MR) is 144 cm³/mol. The topological polar surface area (TPSA) is 90.0 Å². The summed E-state index contributed by atoms with van der Waals surface area (Å²) in [4.78, 5) is 21.0. The number of nitrogens with zero attached hydrogens (tertiary/aromatic N) is 1. The molecular weight excluding hydrogens is 507 g/mol. The molecule has 1 aromatic heterocycles. The highest BCUT2D eigenvalue weighted by molar-refractivity contribution is 6.36. The van der Waals surface area contributed by atoms with Crippen molar-refractivity contribution in [2.75, 3.05) is 10.6 Å². The number of aliphatic hydroxyl groups is 1. The number of aryl methyl sites for hydroxylation is 1. The Hall–Kier alpha value is -2.77. The highest BCUT2D eigenvalue weighted by Gasteiger charge is 2.23. The number of carbonyl (C=O) groups excluding carboxylic acids is 1. The van der Waals surface area contributed by atoms with E-state index < -0.39 is 12.1 Å². The second-order valence-electron chi connectivity index (χ2n) is 9.39. The number of nitrogens with one attached hydrogen (secondary N) is 3. The first-order valence-electron chi connectivity index (χ1n) is 10.9. The van der Waals surface area contributed by atoms with Gasteiger partial charge < -0.3 is 20.7 Å². The summed E-state index contributed by atoms with van der Waals surface area (Å²) in [6.45, 7) is 8.02. The minimum absolute atomic E-state index is 0.244. The number of halogens is 3. The van der Waals surface area contributed by atoms with E-state index in [0.29, 0.717) is 38.0 Å². The third-order valence-electron chi connectivity index (χ3n) is 5.53. The molecule has 0 aliphatic heterocycles. The highest BCUT2D eigenvalue weighted by atomic mass is 35.5. The number of carbonyl (C=O) groups is 1. The maximum atomic E-state index is 13.0. The summed E-state index contributed by atoms with van der Waals surface area (Å²) < 4.78 is 0. The molecule has 0 saturated carbocycles. The summed E-state index contributed by atoms with van der Waals surface area (Å²) in [5.74, 6) is 0.326. The standard InChI is InChI=1S/C26H25Cl3N4O2/c1-13-5-7-15(11-20(13)29)30-24(35)18-10-16(12-21-22(18)33-25(32-21)26(2,3)4)31-23(34)17-9-14(27)6-8-19(17)28/h5-12,24,30,35H,1-4H3,(H,31,34)(H,32,33). The van der Waals surface area contributed by atoms with E-state index in [1.165, 1.54) is 6.07 Å². The summed E-state index contributed by atoms with van der Waals surface area (Å²) >= 11 is 18.5. The lowest BCUT2D eigenvalue weighted by Crippen LogP contribution is -2.15. The molecule has 0 saturated heterocycles. The third kappa shape index (κ3) is 5.57. The number of aliphatic hydroxyl groups excluding tert-OH is 1. The zero-order chi connectivity index (χ0) is 25.5. The molecule has 4 N–H and O–H groups in total. The minimum atomic E-state index is -1.13. The van der Waals surface area contributed by atoms with Gasteiger partial charge in [0, 0.05) is 32.4 Å². The number of anilines is 2. The smallest absolute Gasteiger partial charge is 0.257 e. The van der Waals surface area contributed by atoms with Gasteiger partial charge in [0.1, 0.15) is 5.82 Å². The van der Waals surface area contributed by atoms with Gasteiger partial charge in [-0.25, -0.2) is 4.98 Å². The number of benzene rings is 3. The van der Waals surface area contributed by atoms with Crippen LogP contribution in [0, 0.1) is 6.92 Å². The van der Waals surface area contributed by atoms with Crippen molar-refractivity contribution in [1.29, 1.82) is 0 Å². The first kappa shape index (κ1) is 25.3. The van der Waals surface area contributed by atoms with Crippen molar-refractivity contribution in [2.45, 2.75) is 39.3 Å². The molecule has 6 nitrogen and oxygen atoms in total. The van der Waals surface area contributed by atoms with Gasteiger partial charge in [-0.3, -0.25) is 4.79 Å². The largest absolute Gasteiger partial charge is 0.369 e. The molecular formula is C26H25Cl3N4O2. The van der Waals surface area contributed by atoms with Gasteiger partial charge in [0.25, 0.3) is 5.91 Å². The van der Waals surface area contributed by atoms with E-state index in [2.05, 4.69) is 15.6 Å². The van der Waals surface area contributed by atoms with Gasteiger partial charge in [-0.1, -0.05) is 61.6 Å². The van der Waals surface area contributed by atoms with Gasteiger partial charge in [-0.15, -0.1) is 0 Å². The number of hydrogen-bond acceptors (Lipinski definition) is 4. The normalized spacial score (nSPS) is 12.6. The third-order valence-corrected chi connectivity index (χ3v) is 6.50. The van der Waals surface area contributed by atoms with Crippen molar-refractivity contribution in [3.05, 3.63) is 86.1 Å². The Bertz CT molecular complexity index is 1430. The average molecular weight is 532 g/mol. The maximum absolute atomic E-state index is 13.0.